The van der Waals surface area contributed by atoms with Crippen molar-refractivity contribution in [1.82, 2.24) is 14.9 Å². The fourth-order valence-electron chi connectivity index (χ4n) is 4.71. The Morgan fingerprint density at radius 3 is 3.12 bits per heavy atom. The van der Waals surface area contributed by atoms with Gasteiger partial charge in [0.05, 0.1) is 27.5 Å². The predicted molar refractivity (Wildman–Crippen MR) is 141 cm³/mol. The minimum atomic E-state index is -0.0328. The molecule has 6 nitrogen and oxygen atoms in total. The van der Waals surface area contributed by atoms with Crippen molar-refractivity contribution in [3.05, 3.63) is 53.0 Å². The zero-order valence-electron chi connectivity index (χ0n) is 19.2. The lowest BCUT2D eigenvalue weighted by molar-refractivity contribution is -0.186. The molecule has 0 radical (unpaired) electrons. The van der Waals surface area contributed by atoms with E-state index in [1.54, 1.807) is 22.7 Å². The third-order valence-corrected chi connectivity index (χ3v) is 8.32. The molecule has 2 unspecified atom stereocenters. The lowest BCUT2D eigenvalue weighted by Gasteiger charge is -2.28. The minimum Gasteiger partial charge on any atom is -0.355 e. The number of anilines is 2. The summed E-state index contributed by atoms with van der Waals surface area (Å²) in [5.74, 6) is 0. The predicted octanol–water partition coefficient (Wildman–Crippen LogP) is 6.28. The largest absolute Gasteiger partial charge is 0.355 e. The highest BCUT2D eigenvalue weighted by Crippen LogP contribution is 2.36. The van der Waals surface area contributed by atoms with Gasteiger partial charge in [0.15, 0.2) is 6.29 Å². The molecule has 6 rings (SSSR count). The molecule has 2 aliphatic rings. The van der Waals surface area contributed by atoms with Crippen molar-refractivity contribution in [2.24, 2.45) is 0 Å². The maximum absolute atomic E-state index is 6.13. The molecule has 1 aromatic carbocycles. The lowest BCUT2D eigenvalue weighted by atomic mass is 10.2. The van der Waals surface area contributed by atoms with Gasteiger partial charge in [0.1, 0.15) is 4.83 Å². The van der Waals surface area contributed by atoms with Crippen molar-refractivity contribution >= 4 is 60.1 Å². The quantitative estimate of drug-likeness (QED) is 0.328. The second-order valence-electron chi connectivity index (χ2n) is 9.01. The molecular weight excluding hydrogens is 464 g/mol. The molecule has 0 bridgehead atoms. The molecule has 5 heterocycles. The zero-order chi connectivity index (χ0) is 22.9. The molecule has 1 saturated heterocycles. The summed E-state index contributed by atoms with van der Waals surface area (Å²) in [6.07, 6.45) is 7.71. The summed E-state index contributed by atoms with van der Waals surface area (Å²) >= 11 is 3.43. The molecule has 3 aromatic heterocycles. The summed E-state index contributed by atoms with van der Waals surface area (Å²) in [5.41, 5.74) is 6.40. The average molecular weight is 493 g/mol. The number of hydrogen-bond donors (Lipinski definition) is 1. The fraction of sp³-hybridized carbons (Fsp3) is 0.385. The topological polar surface area (TPSA) is 59.5 Å². The number of thiazole rings is 1. The van der Waals surface area contributed by atoms with Gasteiger partial charge in [0.2, 0.25) is 0 Å². The first-order valence-corrected chi connectivity index (χ1v) is 13.6. The summed E-state index contributed by atoms with van der Waals surface area (Å²) in [5, 5.41) is 4.74. The number of hydrogen-bond acceptors (Lipinski definition) is 8. The highest BCUT2D eigenvalue weighted by Gasteiger charge is 2.23. The van der Waals surface area contributed by atoms with Gasteiger partial charge in [-0.1, -0.05) is 6.08 Å². The third-order valence-electron chi connectivity index (χ3n) is 6.39. The van der Waals surface area contributed by atoms with Crippen LogP contribution in [0, 0.1) is 0 Å². The molecule has 4 aromatic rings. The highest BCUT2D eigenvalue weighted by atomic mass is 32.1. The molecule has 0 saturated carbocycles. The van der Waals surface area contributed by atoms with E-state index in [2.05, 4.69) is 57.4 Å². The molecule has 1 fully saturated rings. The van der Waals surface area contributed by atoms with Crippen molar-refractivity contribution < 1.29 is 9.47 Å². The van der Waals surface area contributed by atoms with Gasteiger partial charge in [-0.15, -0.1) is 22.7 Å². The van der Waals surface area contributed by atoms with Crippen LogP contribution in [0.3, 0.4) is 0 Å². The van der Waals surface area contributed by atoms with Crippen LogP contribution in [0.25, 0.3) is 26.0 Å². The summed E-state index contributed by atoms with van der Waals surface area (Å²) in [4.78, 5) is 13.9. The summed E-state index contributed by atoms with van der Waals surface area (Å²) in [6.45, 7) is 5.78. The summed E-state index contributed by atoms with van der Waals surface area (Å²) in [7, 11) is 0. The van der Waals surface area contributed by atoms with Crippen molar-refractivity contribution in [2.75, 3.05) is 31.6 Å². The highest BCUT2D eigenvalue weighted by molar-refractivity contribution is 7.19. The smallest absolute Gasteiger partial charge is 0.157 e. The average Bonchev–Trinajstić information content (AvgIpc) is 3.59. The van der Waals surface area contributed by atoms with Crippen molar-refractivity contribution in [3.8, 4) is 0 Å². The van der Waals surface area contributed by atoms with Gasteiger partial charge < -0.3 is 14.8 Å². The SMILES string of the molecule is CC(CN1CC=C(c2cc3c(Nc4ccc5scnc5c4)ccnc3s2)C1)OC1CCCCO1. The zero-order valence-corrected chi connectivity index (χ0v) is 20.8. The van der Waals surface area contributed by atoms with E-state index in [-0.39, 0.29) is 12.4 Å². The van der Waals surface area contributed by atoms with E-state index in [0.717, 1.165) is 66.2 Å². The van der Waals surface area contributed by atoms with Crippen LogP contribution in [-0.2, 0) is 9.47 Å². The molecule has 2 atom stereocenters. The first-order chi connectivity index (χ1) is 16.7. The third kappa shape index (κ3) is 4.74. The van der Waals surface area contributed by atoms with Crippen LogP contribution < -0.4 is 5.32 Å². The van der Waals surface area contributed by atoms with Gasteiger partial charge in [-0.2, -0.15) is 0 Å². The number of ether oxygens (including phenoxy) is 2. The number of fused-ring (bicyclic) bond motifs is 2. The monoisotopic (exact) mass is 492 g/mol. The lowest BCUT2D eigenvalue weighted by Crippen LogP contribution is -2.35. The van der Waals surface area contributed by atoms with Gasteiger partial charge in [-0.05, 0) is 62.1 Å². The standard InChI is InChI=1S/C26H28N4O2S2/c1-17(32-25-4-2-3-11-31-25)14-30-10-8-18(15-30)24-13-20-21(7-9-27-26(20)34-24)29-19-5-6-23-22(12-19)28-16-33-23/h5-9,12-13,16-17,25H,2-4,10-11,14-15H2,1H3,(H,27,29). The number of pyridine rings is 1. The van der Waals surface area contributed by atoms with Gasteiger partial charge in [0, 0.05) is 48.4 Å². The van der Waals surface area contributed by atoms with E-state index in [4.69, 9.17) is 9.47 Å². The van der Waals surface area contributed by atoms with Crippen LogP contribution in [0.5, 0.6) is 0 Å². The molecule has 0 amide bonds. The summed E-state index contributed by atoms with van der Waals surface area (Å²) < 4.78 is 13.1. The number of nitrogens with one attached hydrogen (secondary N) is 1. The molecule has 2 aliphatic heterocycles. The number of nitrogens with zero attached hydrogens (tertiary/aromatic N) is 3. The Labute approximate surface area is 207 Å². The summed E-state index contributed by atoms with van der Waals surface area (Å²) in [6, 6.07) is 10.7. The fourth-order valence-corrected chi connectivity index (χ4v) is 6.42. The Bertz CT molecular complexity index is 1320. The molecule has 8 heteroatoms. The van der Waals surface area contributed by atoms with E-state index in [9.17, 15) is 0 Å². The Morgan fingerprint density at radius 1 is 1.24 bits per heavy atom. The Hall–Kier alpha value is -2.36. The maximum atomic E-state index is 6.13. The van der Waals surface area contributed by atoms with E-state index in [1.807, 2.05) is 17.8 Å². The molecular formula is C26H28N4O2S2. The van der Waals surface area contributed by atoms with Crippen LogP contribution in [0.1, 0.15) is 31.1 Å². The Kier molecular flexibility index (Phi) is 6.32. The number of rotatable bonds is 7. The Morgan fingerprint density at radius 2 is 2.21 bits per heavy atom. The van der Waals surface area contributed by atoms with Crippen LogP contribution >= 0.6 is 22.7 Å². The van der Waals surface area contributed by atoms with Gasteiger partial charge >= 0.3 is 0 Å². The Balaban J connectivity index is 1.13. The maximum Gasteiger partial charge on any atom is 0.157 e. The van der Waals surface area contributed by atoms with Crippen LogP contribution in [-0.4, -0.2) is 53.5 Å². The van der Waals surface area contributed by atoms with Crippen LogP contribution in [0.2, 0.25) is 0 Å². The van der Waals surface area contributed by atoms with E-state index < -0.39 is 0 Å². The molecule has 176 valence electrons. The van der Waals surface area contributed by atoms with E-state index in [0.29, 0.717) is 0 Å². The van der Waals surface area contributed by atoms with Crippen LogP contribution in [0.15, 0.2) is 48.1 Å². The molecule has 34 heavy (non-hydrogen) atoms. The first-order valence-electron chi connectivity index (χ1n) is 11.9. The van der Waals surface area contributed by atoms with E-state index in [1.165, 1.54) is 21.6 Å². The van der Waals surface area contributed by atoms with E-state index >= 15 is 0 Å². The normalized spacial score (nSPS) is 20.1. The number of thiophene rings is 1. The minimum absolute atomic E-state index is 0.0328. The van der Waals surface area contributed by atoms with Crippen LogP contribution in [0.4, 0.5) is 11.4 Å². The number of benzene rings is 1. The van der Waals surface area contributed by atoms with Crippen molar-refractivity contribution in [3.63, 3.8) is 0 Å². The van der Waals surface area contributed by atoms with Crippen molar-refractivity contribution in [2.45, 2.75) is 38.6 Å². The van der Waals surface area contributed by atoms with Gasteiger partial charge in [-0.3, -0.25) is 4.90 Å². The molecule has 0 aliphatic carbocycles. The first kappa shape index (κ1) is 22.1. The van der Waals surface area contributed by atoms with Crippen molar-refractivity contribution in [1.29, 1.82) is 0 Å². The van der Waals surface area contributed by atoms with Gasteiger partial charge in [0.25, 0.3) is 0 Å². The van der Waals surface area contributed by atoms with Gasteiger partial charge in [-0.25, -0.2) is 9.97 Å². The number of aromatic nitrogens is 2. The second-order valence-corrected chi connectivity index (χ2v) is 10.9. The molecule has 1 N–H and O–H groups in total. The second kappa shape index (κ2) is 9.71. The molecule has 0 spiro atoms.